The van der Waals surface area contributed by atoms with Gasteiger partial charge in [0.05, 0.1) is 16.7 Å². The minimum Gasteiger partial charge on any atom is -0.306 e. The molecule has 1 aromatic carbocycles. The highest BCUT2D eigenvalue weighted by atomic mass is 19.4. The molecule has 0 saturated carbocycles. The van der Waals surface area contributed by atoms with Crippen LogP contribution in [0.5, 0.6) is 0 Å². The number of imidazole rings is 1. The van der Waals surface area contributed by atoms with Gasteiger partial charge in [-0.25, -0.2) is 9.78 Å². The van der Waals surface area contributed by atoms with E-state index in [1.54, 1.807) is 25.2 Å². The maximum absolute atomic E-state index is 12.9. The van der Waals surface area contributed by atoms with Gasteiger partial charge in [-0.3, -0.25) is 4.68 Å². The van der Waals surface area contributed by atoms with Crippen LogP contribution in [-0.4, -0.2) is 24.7 Å². The molecule has 0 aliphatic carbocycles. The van der Waals surface area contributed by atoms with E-state index in [0.717, 1.165) is 6.07 Å². The van der Waals surface area contributed by atoms with Crippen molar-refractivity contribution in [3.63, 3.8) is 0 Å². The molecule has 0 atom stereocenters. The van der Waals surface area contributed by atoms with Crippen molar-refractivity contribution in [1.82, 2.24) is 24.7 Å². The first-order valence-electron chi connectivity index (χ1n) is 6.96. The van der Waals surface area contributed by atoms with Gasteiger partial charge >= 0.3 is 11.9 Å². The molecule has 4 aromatic rings. The number of alkyl halides is 3. The third-order valence-corrected chi connectivity index (χ3v) is 3.76. The van der Waals surface area contributed by atoms with E-state index >= 15 is 0 Å². The zero-order chi connectivity index (χ0) is 17.1. The number of nitrogens with zero attached hydrogens (tertiary/aromatic N) is 3. The minimum atomic E-state index is -4.53. The zero-order valence-corrected chi connectivity index (χ0v) is 12.3. The number of aromatic nitrogens is 5. The van der Waals surface area contributed by atoms with Crippen molar-refractivity contribution in [2.75, 3.05) is 0 Å². The molecular formula is C15H10F3N5O. The van der Waals surface area contributed by atoms with E-state index in [4.69, 9.17) is 0 Å². The van der Waals surface area contributed by atoms with Gasteiger partial charge in [0.2, 0.25) is 0 Å². The summed E-state index contributed by atoms with van der Waals surface area (Å²) in [5, 5.41) is 4.21. The van der Waals surface area contributed by atoms with Gasteiger partial charge in [0, 0.05) is 12.6 Å². The molecule has 122 valence electrons. The highest BCUT2D eigenvalue weighted by Crippen LogP contribution is 2.33. The van der Waals surface area contributed by atoms with E-state index in [9.17, 15) is 18.0 Å². The smallest absolute Gasteiger partial charge is 0.306 e. The van der Waals surface area contributed by atoms with E-state index in [1.807, 2.05) is 0 Å². The Morgan fingerprint density at radius 1 is 1.08 bits per heavy atom. The maximum atomic E-state index is 12.9. The predicted molar refractivity (Wildman–Crippen MR) is 81.4 cm³/mol. The van der Waals surface area contributed by atoms with Crippen molar-refractivity contribution in [2.45, 2.75) is 6.18 Å². The molecular weight excluding hydrogens is 323 g/mol. The van der Waals surface area contributed by atoms with Gasteiger partial charge in [-0.2, -0.15) is 18.3 Å². The summed E-state index contributed by atoms with van der Waals surface area (Å²) in [5.41, 5.74) is 1.41. The monoisotopic (exact) mass is 333 g/mol. The van der Waals surface area contributed by atoms with Gasteiger partial charge in [-0.1, -0.05) is 6.07 Å². The molecule has 0 fully saturated rings. The molecule has 0 aliphatic rings. The number of aryl methyl sites for hydroxylation is 1. The summed E-state index contributed by atoms with van der Waals surface area (Å²) in [6, 6.07) is 7.25. The number of aromatic amines is 2. The topological polar surface area (TPSA) is 79.4 Å². The molecule has 0 amide bonds. The molecule has 0 saturated heterocycles. The van der Waals surface area contributed by atoms with Crippen LogP contribution in [0.3, 0.4) is 0 Å². The van der Waals surface area contributed by atoms with Crippen molar-refractivity contribution in [2.24, 2.45) is 7.05 Å². The number of H-pyrrole nitrogens is 2. The summed E-state index contributed by atoms with van der Waals surface area (Å²) in [6.45, 7) is 0. The summed E-state index contributed by atoms with van der Waals surface area (Å²) in [7, 11) is 1.63. The first-order valence-corrected chi connectivity index (χ1v) is 6.96. The van der Waals surface area contributed by atoms with Crippen molar-refractivity contribution < 1.29 is 13.2 Å². The van der Waals surface area contributed by atoms with Crippen LogP contribution in [0.2, 0.25) is 0 Å². The van der Waals surface area contributed by atoms with Crippen molar-refractivity contribution >= 4 is 22.1 Å². The Hall–Kier alpha value is -3.10. The highest BCUT2D eigenvalue weighted by Gasteiger charge is 2.33. The predicted octanol–water partition coefficient (Wildman–Crippen LogP) is 2.82. The van der Waals surface area contributed by atoms with Gasteiger partial charge in [-0.05, 0) is 24.3 Å². The second kappa shape index (κ2) is 4.70. The van der Waals surface area contributed by atoms with Crippen LogP contribution in [0.15, 0.2) is 35.1 Å². The summed E-state index contributed by atoms with van der Waals surface area (Å²) in [4.78, 5) is 20.3. The van der Waals surface area contributed by atoms with E-state index in [0.29, 0.717) is 27.8 Å². The molecule has 6 nitrogen and oxygen atoms in total. The van der Waals surface area contributed by atoms with E-state index in [1.165, 1.54) is 10.7 Å². The Kier molecular flexibility index (Phi) is 2.84. The molecule has 4 rings (SSSR count). The highest BCUT2D eigenvalue weighted by molar-refractivity contribution is 5.92. The largest absolute Gasteiger partial charge is 0.433 e. The van der Waals surface area contributed by atoms with Crippen LogP contribution in [0.25, 0.3) is 33.3 Å². The molecule has 24 heavy (non-hydrogen) atoms. The zero-order valence-electron chi connectivity index (χ0n) is 12.3. The number of hydrogen-bond acceptors (Lipinski definition) is 3. The lowest BCUT2D eigenvalue weighted by atomic mass is 10.1. The van der Waals surface area contributed by atoms with Crippen LogP contribution in [0.4, 0.5) is 13.2 Å². The Morgan fingerprint density at radius 2 is 1.83 bits per heavy atom. The summed E-state index contributed by atoms with van der Waals surface area (Å²) < 4.78 is 40.3. The molecule has 0 radical (unpaired) electrons. The second-order valence-electron chi connectivity index (χ2n) is 5.37. The molecule has 0 spiro atoms. The van der Waals surface area contributed by atoms with Crippen LogP contribution in [-0.2, 0) is 13.2 Å². The average molecular weight is 333 g/mol. The number of hydrogen-bond donors (Lipinski definition) is 2. The Balaban J connectivity index is 1.99. The number of pyridine rings is 1. The third kappa shape index (κ3) is 2.16. The fourth-order valence-corrected chi connectivity index (χ4v) is 2.73. The van der Waals surface area contributed by atoms with Gasteiger partial charge in [0.1, 0.15) is 16.7 Å². The minimum absolute atomic E-state index is 0.157. The van der Waals surface area contributed by atoms with E-state index in [-0.39, 0.29) is 11.2 Å². The fourth-order valence-electron chi connectivity index (χ4n) is 2.73. The molecule has 0 bridgehead atoms. The summed E-state index contributed by atoms with van der Waals surface area (Å²) in [5.74, 6) is 0. The molecule has 3 aromatic heterocycles. The Bertz CT molecular complexity index is 1140. The fraction of sp³-hybridized carbons (Fsp3) is 0.133. The number of fused-ring (bicyclic) bond motifs is 2. The maximum Gasteiger partial charge on any atom is 0.433 e. The van der Waals surface area contributed by atoms with Crippen molar-refractivity contribution in [3.8, 4) is 11.3 Å². The van der Waals surface area contributed by atoms with Crippen LogP contribution < -0.4 is 5.69 Å². The SMILES string of the molecule is Cn1nc2ccc(C(F)(F)F)nc2c1-c1ccc2[nH]c(=O)[nH]c2c1. The number of halogens is 3. The van der Waals surface area contributed by atoms with Gasteiger partial charge in [0.25, 0.3) is 0 Å². The second-order valence-corrected chi connectivity index (χ2v) is 5.37. The quantitative estimate of drug-likeness (QED) is 0.562. The van der Waals surface area contributed by atoms with Gasteiger partial charge < -0.3 is 9.97 Å². The normalized spacial score (nSPS) is 12.3. The van der Waals surface area contributed by atoms with E-state index < -0.39 is 11.9 Å². The van der Waals surface area contributed by atoms with Crippen LogP contribution in [0.1, 0.15) is 5.69 Å². The first-order chi connectivity index (χ1) is 11.3. The Morgan fingerprint density at radius 3 is 2.58 bits per heavy atom. The lowest BCUT2D eigenvalue weighted by molar-refractivity contribution is -0.140. The lowest BCUT2D eigenvalue weighted by Gasteiger charge is -2.06. The number of benzene rings is 1. The molecule has 3 heterocycles. The standard InChI is InChI=1S/C15H10F3N5O/c1-23-13(7-2-3-8-10(6-7)20-14(24)19-8)12-9(22-23)4-5-11(21-12)15(16,17)18/h2-6H,1H3,(H2,19,20,24). The lowest BCUT2D eigenvalue weighted by Crippen LogP contribution is -2.07. The average Bonchev–Trinajstić information content (AvgIpc) is 3.02. The summed E-state index contributed by atoms with van der Waals surface area (Å²) in [6.07, 6.45) is -4.53. The van der Waals surface area contributed by atoms with Gasteiger partial charge in [-0.15, -0.1) is 0 Å². The van der Waals surface area contributed by atoms with Crippen LogP contribution >= 0.6 is 0 Å². The number of nitrogens with one attached hydrogen (secondary N) is 2. The summed E-state index contributed by atoms with van der Waals surface area (Å²) >= 11 is 0. The van der Waals surface area contributed by atoms with Gasteiger partial charge in [0.15, 0.2) is 0 Å². The van der Waals surface area contributed by atoms with Crippen molar-refractivity contribution in [3.05, 3.63) is 46.5 Å². The van der Waals surface area contributed by atoms with E-state index in [2.05, 4.69) is 20.1 Å². The molecule has 9 heteroatoms. The molecule has 2 N–H and O–H groups in total. The molecule has 0 unspecified atom stereocenters. The third-order valence-electron chi connectivity index (χ3n) is 3.76. The number of rotatable bonds is 1. The Labute approximate surface area is 131 Å². The van der Waals surface area contributed by atoms with Crippen molar-refractivity contribution in [1.29, 1.82) is 0 Å². The molecule has 0 aliphatic heterocycles. The first kappa shape index (κ1) is 14.5. The van der Waals surface area contributed by atoms with Crippen LogP contribution in [0, 0.1) is 0 Å².